The minimum atomic E-state index is -0.0309. The number of carbonyl (C=O) groups excluding carboxylic acids is 1. The summed E-state index contributed by atoms with van der Waals surface area (Å²) in [4.78, 5) is 12.6. The van der Waals surface area contributed by atoms with Gasteiger partial charge in [0.1, 0.15) is 0 Å². The van der Waals surface area contributed by atoms with Gasteiger partial charge in [0.2, 0.25) is 12.7 Å². The van der Waals surface area contributed by atoms with Crippen LogP contribution in [0, 0.1) is 6.92 Å². The van der Waals surface area contributed by atoms with Crippen molar-refractivity contribution < 1.29 is 14.3 Å². The van der Waals surface area contributed by atoms with E-state index in [1.807, 2.05) is 48.8 Å². The lowest BCUT2D eigenvalue weighted by Gasteiger charge is -2.20. The number of aromatic nitrogens is 1. The molecule has 1 aliphatic rings. The van der Waals surface area contributed by atoms with E-state index in [4.69, 9.17) is 9.47 Å². The Morgan fingerprint density at radius 3 is 2.70 bits per heavy atom. The monoisotopic (exact) mass is 362 g/mol. The number of nitrogens with zero attached hydrogens (tertiary/aromatic N) is 1. The lowest BCUT2D eigenvalue weighted by atomic mass is 10.0. The van der Waals surface area contributed by atoms with Crippen molar-refractivity contribution in [3.05, 3.63) is 83.7 Å². The van der Waals surface area contributed by atoms with Gasteiger partial charge in [0.15, 0.2) is 11.5 Å². The predicted molar refractivity (Wildman–Crippen MR) is 103 cm³/mol. The molecule has 0 unspecified atom stereocenters. The van der Waals surface area contributed by atoms with Crippen molar-refractivity contribution in [2.75, 3.05) is 6.79 Å². The number of nitrogens with one attached hydrogen (secondary N) is 1. The van der Waals surface area contributed by atoms with Gasteiger partial charge in [0, 0.05) is 18.9 Å². The molecule has 0 bridgehead atoms. The fourth-order valence-electron chi connectivity index (χ4n) is 3.33. The summed E-state index contributed by atoms with van der Waals surface area (Å²) in [5.74, 6) is 1.48. The van der Waals surface area contributed by atoms with Crippen molar-refractivity contribution in [2.24, 2.45) is 0 Å². The van der Waals surface area contributed by atoms with Gasteiger partial charge in [-0.3, -0.25) is 4.79 Å². The van der Waals surface area contributed by atoms with Gasteiger partial charge in [0.25, 0.3) is 0 Å². The molecule has 0 aliphatic carbocycles. The Labute approximate surface area is 158 Å². The Morgan fingerprint density at radius 1 is 1.07 bits per heavy atom. The van der Waals surface area contributed by atoms with Crippen LogP contribution >= 0.6 is 0 Å². The molecular weight excluding hydrogens is 340 g/mol. The van der Waals surface area contributed by atoms with E-state index in [9.17, 15) is 4.79 Å². The van der Waals surface area contributed by atoms with Gasteiger partial charge in [-0.05, 0) is 42.3 Å². The van der Waals surface area contributed by atoms with Crippen molar-refractivity contribution in [2.45, 2.75) is 25.9 Å². The van der Waals surface area contributed by atoms with Gasteiger partial charge in [-0.1, -0.05) is 35.9 Å². The molecule has 3 aromatic rings. The quantitative estimate of drug-likeness (QED) is 0.725. The summed E-state index contributed by atoms with van der Waals surface area (Å²) in [5.41, 5.74) is 3.30. The molecule has 0 saturated heterocycles. The van der Waals surface area contributed by atoms with E-state index < -0.39 is 0 Å². The first-order chi connectivity index (χ1) is 13.2. The van der Waals surface area contributed by atoms with Crippen LogP contribution in [0.3, 0.4) is 0 Å². The number of hydrogen-bond donors (Lipinski definition) is 1. The van der Waals surface area contributed by atoms with Gasteiger partial charge < -0.3 is 19.4 Å². The molecule has 0 saturated carbocycles. The second-order valence-electron chi connectivity index (χ2n) is 6.73. The van der Waals surface area contributed by atoms with E-state index in [1.165, 1.54) is 5.56 Å². The molecular formula is C22H22N2O3. The zero-order valence-electron chi connectivity index (χ0n) is 15.2. The number of amides is 1. The minimum absolute atomic E-state index is 0.00729. The second-order valence-corrected chi connectivity index (χ2v) is 6.73. The van der Waals surface area contributed by atoms with Crippen LogP contribution in [0.25, 0.3) is 0 Å². The molecule has 1 aliphatic heterocycles. The number of benzene rings is 2. The third kappa shape index (κ3) is 3.97. The van der Waals surface area contributed by atoms with Crippen LogP contribution in [0.5, 0.6) is 11.5 Å². The fraction of sp³-hybridized carbons (Fsp3) is 0.227. The fourth-order valence-corrected chi connectivity index (χ4v) is 3.33. The predicted octanol–water partition coefficient (Wildman–Crippen LogP) is 3.82. The summed E-state index contributed by atoms with van der Waals surface area (Å²) >= 11 is 0. The van der Waals surface area contributed by atoms with Gasteiger partial charge in [-0.15, -0.1) is 0 Å². The summed E-state index contributed by atoms with van der Waals surface area (Å²) in [6.07, 6.45) is 4.37. The Kier molecular flexibility index (Phi) is 4.83. The van der Waals surface area contributed by atoms with Crippen LogP contribution in [-0.4, -0.2) is 17.3 Å². The van der Waals surface area contributed by atoms with Crippen molar-refractivity contribution in [1.82, 2.24) is 9.88 Å². The second kappa shape index (κ2) is 7.58. The molecule has 5 nitrogen and oxygen atoms in total. The molecule has 1 amide bonds. The minimum Gasteiger partial charge on any atom is -0.454 e. The summed E-state index contributed by atoms with van der Waals surface area (Å²) in [7, 11) is 0. The standard InChI is InChI=1S/C22H22N2O3/c1-16-5-4-6-18(11-16)19(24-9-2-3-10-24)13-22(25)23-14-17-7-8-20-21(12-17)27-15-26-20/h2-12,19H,13-15H2,1H3,(H,23,25)/t19-/m1/s1. The molecule has 138 valence electrons. The van der Waals surface area contributed by atoms with E-state index in [0.717, 1.165) is 22.6 Å². The Bertz CT molecular complexity index is 934. The Balaban J connectivity index is 1.44. The zero-order chi connectivity index (χ0) is 18.6. The summed E-state index contributed by atoms with van der Waals surface area (Å²) in [6.45, 7) is 2.78. The van der Waals surface area contributed by atoms with Crippen LogP contribution in [-0.2, 0) is 11.3 Å². The molecule has 1 N–H and O–H groups in total. The summed E-state index contributed by atoms with van der Waals surface area (Å²) in [6, 6.07) is 18.0. The maximum atomic E-state index is 12.6. The third-order valence-corrected chi connectivity index (χ3v) is 4.72. The van der Waals surface area contributed by atoms with Gasteiger partial charge in [-0.25, -0.2) is 0 Å². The average Bonchev–Trinajstić information content (AvgIpc) is 3.35. The molecule has 2 heterocycles. The normalized spacial score (nSPS) is 13.4. The largest absolute Gasteiger partial charge is 0.454 e. The van der Waals surface area contributed by atoms with E-state index in [0.29, 0.717) is 13.0 Å². The van der Waals surface area contributed by atoms with E-state index in [1.54, 1.807) is 0 Å². The molecule has 2 aromatic carbocycles. The maximum Gasteiger partial charge on any atom is 0.231 e. The first kappa shape index (κ1) is 17.2. The smallest absolute Gasteiger partial charge is 0.231 e. The number of hydrogen-bond acceptors (Lipinski definition) is 3. The van der Waals surface area contributed by atoms with E-state index in [2.05, 4.69) is 35.0 Å². The molecule has 4 rings (SSSR count). The SMILES string of the molecule is Cc1cccc([C@@H](CC(=O)NCc2ccc3c(c2)OCO3)n2cccc2)c1. The highest BCUT2D eigenvalue weighted by atomic mass is 16.7. The van der Waals surface area contributed by atoms with Crippen LogP contribution in [0.2, 0.25) is 0 Å². The average molecular weight is 362 g/mol. The number of ether oxygens (including phenoxy) is 2. The van der Waals surface area contributed by atoms with Crippen LogP contribution in [0.15, 0.2) is 67.0 Å². The highest BCUT2D eigenvalue weighted by Gasteiger charge is 2.18. The van der Waals surface area contributed by atoms with Gasteiger partial charge in [-0.2, -0.15) is 0 Å². The summed E-state index contributed by atoms with van der Waals surface area (Å²) < 4.78 is 12.8. The lowest BCUT2D eigenvalue weighted by Crippen LogP contribution is -2.26. The number of rotatable bonds is 6. The first-order valence-electron chi connectivity index (χ1n) is 9.03. The van der Waals surface area contributed by atoms with Crippen LogP contribution in [0.1, 0.15) is 29.2 Å². The maximum absolute atomic E-state index is 12.6. The number of aryl methyl sites for hydroxylation is 1. The number of fused-ring (bicyclic) bond motifs is 1. The first-order valence-corrected chi connectivity index (χ1v) is 9.03. The molecule has 0 fully saturated rings. The molecule has 1 aromatic heterocycles. The molecule has 1 atom stereocenters. The van der Waals surface area contributed by atoms with Crippen molar-refractivity contribution in [1.29, 1.82) is 0 Å². The summed E-state index contributed by atoms with van der Waals surface area (Å²) in [5, 5.41) is 3.02. The Morgan fingerprint density at radius 2 is 1.89 bits per heavy atom. The van der Waals surface area contributed by atoms with Gasteiger partial charge in [0.05, 0.1) is 12.5 Å². The van der Waals surface area contributed by atoms with Crippen molar-refractivity contribution in [3.8, 4) is 11.5 Å². The zero-order valence-corrected chi connectivity index (χ0v) is 15.2. The number of carbonyl (C=O) groups is 1. The van der Waals surface area contributed by atoms with Crippen molar-refractivity contribution >= 4 is 5.91 Å². The third-order valence-electron chi connectivity index (χ3n) is 4.72. The van der Waals surface area contributed by atoms with Gasteiger partial charge >= 0.3 is 0 Å². The highest BCUT2D eigenvalue weighted by molar-refractivity contribution is 5.77. The highest BCUT2D eigenvalue weighted by Crippen LogP contribution is 2.32. The van der Waals surface area contributed by atoms with E-state index in [-0.39, 0.29) is 18.7 Å². The van der Waals surface area contributed by atoms with Crippen LogP contribution in [0.4, 0.5) is 0 Å². The molecule has 27 heavy (non-hydrogen) atoms. The topological polar surface area (TPSA) is 52.5 Å². The van der Waals surface area contributed by atoms with E-state index >= 15 is 0 Å². The molecule has 0 spiro atoms. The molecule has 0 radical (unpaired) electrons. The molecule has 5 heteroatoms. The Hall–Kier alpha value is -3.21. The van der Waals surface area contributed by atoms with Crippen LogP contribution < -0.4 is 14.8 Å². The lowest BCUT2D eigenvalue weighted by molar-refractivity contribution is -0.121. The van der Waals surface area contributed by atoms with Crippen molar-refractivity contribution in [3.63, 3.8) is 0 Å².